The van der Waals surface area contributed by atoms with Gasteiger partial charge < -0.3 is 47.4 Å². The lowest BCUT2D eigenvalue weighted by molar-refractivity contribution is -0.359. The lowest BCUT2D eigenvalue weighted by atomic mass is 9.96. The van der Waals surface area contributed by atoms with Crippen LogP contribution < -0.4 is 0 Å². The molecule has 0 amide bonds. The van der Waals surface area contributed by atoms with E-state index in [9.17, 15) is 0 Å². The first-order valence-electron chi connectivity index (χ1n) is 18.8. The van der Waals surface area contributed by atoms with E-state index in [0.29, 0.717) is 26.4 Å². The zero-order chi connectivity index (χ0) is 37.3. The largest absolute Gasteiger partial charge is 0.374 e. The molecule has 3 aliphatic rings. The van der Waals surface area contributed by atoms with Crippen molar-refractivity contribution in [3.8, 4) is 0 Å². The van der Waals surface area contributed by atoms with E-state index in [4.69, 9.17) is 47.4 Å². The molecule has 0 saturated carbocycles. The Balaban J connectivity index is 1.22. The summed E-state index contributed by atoms with van der Waals surface area (Å²) < 4.78 is 65.6. The quantitative estimate of drug-likeness (QED) is 0.120. The van der Waals surface area contributed by atoms with Gasteiger partial charge in [0.2, 0.25) is 0 Å². The van der Waals surface area contributed by atoms with Crippen LogP contribution in [0.25, 0.3) is 0 Å². The van der Waals surface area contributed by atoms with Gasteiger partial charge in [0.1, 0.15) is 42.7 Å². The maximum absolute atomic E-state index is 7.01. The van der Waals surface area contributed by atoms with Gasteiger partial charge in [-0.25, -0.2) is 0 Å². The van der Waals surface area contributed by atoms with Crippen molar-refractivity contribution in [1.82, 2.24) is 0 Å². The Labute approximate surface area is 318 Å². The molecule has 0 aliphatic carbocycles. The van der Waals surface area contributed by atoms with Crippen LogP contribution in [0.2, 0.25) is 0 Å². The van der Waals surface area contributed by atoms with Gasteiger partial charge in [-0.05, 0) is 43.0 Å². The number of benzene rings is 4. The van der Waals surface area contributed by atoms with E-state index in [1.54, 1.807) is 7.11 Å². The van der Waals surface area contributed by atoms with Crippen LogP contribution in [0.3, 0.4) is 0 Å². The Bertz CT molecular complexity index is 1680. The van der Waals surface area contributed by atoms with Gasteiger partial charge in [-0.15, -0.1) is 0 Å². The van der Waals surface area contributed by atoms with E-state index in [-0.39, 0.29) is 6.61 Å². The summed E-state index contributed by atoms with van der Waals surface area (Å²) in [6.07, 6.45) is -6.18. The molecule has 4 aromatic carbocycles. The van der Waals surface area contributed by atoms with Gasteiger partial charge >= 0.3 is 0 Å². The third-order valence-corrected chi connectivity index (χ3v) is 9.93. The summed E-state index contributed by atoms with van der Waals surface area (Å²) >= 11 is 0. The summed E-state index contributed by atoms with van der Waals surface area (Å²) in [6.45, 7) is 7.27. The second kappa shape index (κ2) is 18.4. The second-order valence-corrected chi connectivity index (χ2v) is 14.4. The molecule has 3 aliphatic heterocycles. The monoisotopic (exact) mass is 740 g/mol. The Morgan fingerprint density at radius 3 is 1.50 bits per heavy atom. The first-order valence-corrected chi connectivity index (χ1v) is 18.8. The Hall–Kier alpha value is -3.52. The normalized spacial score (nSPS) is 30.5. The molecule has 3 heterocycles. The van der Waals surface area contributed by atoms with Crippen LogP contribution in [0.15, 0.2) is 121 Å². The predicted molar refractivity (Wildman–Crippen MR) is 200 cm³/mol. The topological polar surface area (TPSA) is 92.3 Å². The summed E-state index contributed by atoms with van der Waals surface area (Å²) in [5, 5.41) is 0. The lowest BCUT2D eigenvalue weighted by Crippen LogP contribution is -2.64. The minimum atomic E-state index is -0.931. The maximum Gasteiger partial charge on any atom is 0.187 e. The number of fused-ring (bicyclic) bond motifs is 1. The van der Waals surface area contributed by atoms with E-state index in [1.807, 2.05) is 142 Å². The van der Waals surface area contributed by atoms with E-state index in [0.717, 1.165) is 22.3 Å². The lowest BCUT2D eigenvalue weighted by Gasteiger charge is -2.48. The highest BCUT2D eigenvalue weighted by atomic mass is 16.8. The molecular weight excluding hydrogens is 688 g/mol. The Morgan fingerprint density at radius 2 is 0.981 bits per heavy atom. The highest BCUT2D eigenvalue weighted by molar-refractivity contribution is 5.16. The number of hydrogen-bond donors (Lipinski definition) is 0. The fourth-order valence-corrected chi connectivity index (χ4v) is 7.30. The van der Waals surface area contributed by atoms with Gasteiger partial charge in [0.25, 0.3) is 0 Å². The summed E-state index contributed by atoms with van der Waals surface area (Å²) in [5.41, 5.74) is 4.09. The fourth-order valence-electron chi connectivity index (χ4n) is 7.30. The molecule has 10 heteroatoms. The number of ether oxygens (including phenoxy) is 10. The fraction of sp³-hybridized carbons (Fsp3) is 0.455. The molecule has 4 aromatic rings. The molecule has 0 bridgehead atoms. The molecule has 10 nitrogen and oxygen atoms in total. The van der Waals surface area contributed by atoms with Crippen molar-refractivity contribution in [1.29, 1.82) is 0 Å². The van der Waals surface area contributed by atoms with Gasteiger partial charge in [0, 0.05) is 7.11 Å². The average molecular weight is 741 g/mol. The van der Waals surface area contributed by atoms with Crippen molar-refractivity contribution >= 4 is 0 Å². The minimum Gasteiger partial charge on any atom is -0.374 e. The van der Waals surface area contributed by atoms with Crippen LogP contribution in [0.5, 0.6) is 0 Å². The number of methoxy groups -OCH3 is 1. The van der Waals surface area contributed by atoms with E-state index in [2.05, 4.69) is 0 Å². The van der Waals surface area contributed by atoms with Crippen LogP contribution in [-0.4, -0.2) is 80.9 Å². The first kappa shape index (κ1) is 38.7. The maximum atomic E-state index is 7.01. The van der Waals surface area contributed by atoms with E-state index >= 15 is 0 Å². The molecule has 0 unspecified atom stereocenters. The van der Waals surface area contributed by atoms with Crippen LogP contribution in [0.1, 0.15) is 43.0 Å². The standard InChI is InChI=1S/C44H52O10/c1-30-36(39-41(42(45-4)50-30)54-44(2,3)53-39)52-43-40(49-28-34-23-15-8-16-24-34)38(48-27-33-21-13-7-14-22-33)37(47-26-32-19-11-6-12-20-32)35(51-43)29-46-25-31-17-9-5-10-18-31/h5-24,30,35-43H,25-29H2,1-4H3/t30-,35+,36-,37+,38-,39+,40+,41+,42+,43+/m0/s1. The van der Waals surface area contributed by atoms with Gasteiger partial charge in [-0.3, -0.25) is 0 Å². The predicted octanol–water partition coefficient (Wildman–Crippen LogP) is 6.98. The van der Waals surface area contributed by atoms with Crippen LogP contribution in [0.4, 0.5) is 0 Å². The van der Waals surface area contributed by atoms with Gasteiger partial charge in [0.15, 0.2) is 18.4 Å². The molecule has 288 valence electrons. The molecule has 0 aromatic heterocycles. The average Bonchev–Trinajstić information content (AvgIpc) is 3.53. The molecule has 0 spiro atoms. The number of rotatable bonds is 16. The van der Waals surface area contributed by atoms with E-state index < -0.39 is 67.2 Å². The molecule has 0 radical (unpaired) electrons. The molecule has 3 saturated heterocycles. The van der Waals surface area contributed by atoms with Crippen molar-refractivity contribution in [2.45, 2.75) is 114 Å². The molecule has 54 heavy (non-hydrogen) atoms. The van der Waals surface area contributed by atoms with Crippen LogP contribution >= 0.6 is 0 Å². The summed E-state index contributed by atoms with van der Waals surface area (Å²) in [6, 6.07) is 40.2. The Morgan fingerprint density at radius 1 is 0.519 bits per heavy atom. The van der Waals surface area contributed by atoms with Crippen LogP contribution in [-0.2, 0) is 73.8 Å². The van der Waals surface area contributed by atoms with Crippen LogP contribution in [0, 0.1) is 0 Å². The van der Waals surface area contributed by atoms with Crippen molar-refractivity contribution in [3.05, 3.63) is 144 Å². The smallest absolute Gasteiger partial charge is 0.187 e. The van der Waals surface area contributed by atoms with Gasteiger partial charge in [-0.1, -0.05) is 121 Å². The van der Waals surface area contributed by atoms with Crippen molar-refractivity contribution in [2.75, 3.05) is 13.7 Å². The van der Waals surface area contributed by atoms with Gasteiger partial charge in [-0.2, -0.15) is 0 Å². The highest BCUT2D eigenvalue weighted by Gasteiger charge is 2.57. The second-order valence-electron chi connectivity index (χ2n) is 14.4. The molecular formula is C44H52O10. The third kappa shape index (κ3) is 9.82. The third-order valence-electron chi connectivity index (χ3n) is 9.93. The molecule has 7 rings (SSSR count). The molecule has 0 N–H and O–H groups in total. The number of hydrogen-bond acceptors (Lipinski definition) is 10. The van der Waals surface area contributed by atoms with Crippen molar-refractivity contribution in [2.24, 2.45) is 0 Å². The Kier molecular flexibility index (Phi) is 13.2. The first-order chi connectivity index (χ1) is 26.4. The summed E-state index contributed by atoms with van der Waals surface area (Å²) in [4.78, 5) is 0. The molecule has 3 fully saturated rings. The van der Waals surface area contributed by atoms with Gasteiger partial charge in [0.05, 0.1) is 39.1 Å². The summed E-state index contributed by atoms with van der Waals surface area (Å²) in [7, 11) is 1.60. The zero-order valence-electron chi connectivity index (χ0n) is 31.4. The van der Waals surface area contributed by atoms with Crippen molar-refractivity contribution in [3.63, 3.8) is 0 Å². The summed E-state index contributed by atoms with van der Waals surface area (Å²) in [5.74, 6) is -0.872. The minimum absolute atomic E-state index is 0.214. The molecule has 10 atom stereocenters. The highest BCUT2D eigenvalue weighted by Crippen LogP contribution is 2.41. The van der Waals surface area contributed by atoms with Crippen molar-refractivity contribution < 1.29 is 47.4 Å². The zero-order valence-corrected chi connectivity index (χ0v) is 31.4. The SMILES string of the molecule is CO[C@@H]1O[C@@H](C)[C@H](O[C@H]2O[C@H](COCc3ccccc3)[C@@H](OCc3ccccc3)[C@H](OCc3ccccc3)[C@H]2OCc2ccccc2)[C@H]2OC(C)(C)O[C@@H]12. The van der Waals surface area contributed by atoms with E-state index in [1.165, 1.54) is 0 Å².